The maximum atomic E-state index is 5.79. The van der Waals surface area contributed by atoms with Crippen molar-refractivity contribution in [2.45, 2.75) is 0 Å². The Morgan fingerprint density at radius 3 is 2.53 bits per heavy atom. The van der Waals surface area contributed by atoms with Gasteiger partial charge in [0.05, 0.1) is 0 Å². The van der Waals surface area contributed by atoms with Crippen molar-refractivity contribution in [3.63, 3.8) is 0 Å². The van der Waals surface area contributed by atoms with Crippen LogP contribution in [0.25, 0.3) is 10.9 Å². The Labute approximate surface area is 119 Å². The van der Waals surface area contributed by atoms with Gasteiger partial charge < -0.3 is 0 Å². The third kappa shape index (κ3) is 2.92. The molecule has 0 unspecified atom stereocenters. The summed E-state index contributed by atoms with van der Waals surface area (Å²) in [7, 11) is 0. The summed E-state index contributed by atoms with van der Waals surface area (Å²) in [5.41, 5.74) is 0.888. The molecule has 1 aromatic heterocycles. The van der Waals surface area contributed by atoms with Crippen LogP contribution in [0.5, 0.6) is 11.5 Å². The summed E-state index contributed by atoms with van der Waals surface area (Å²) < 4.78 is 11.5. The monoisotopic (exact) mass is 306 g/mol. The molecule has 0 amide bonds. The molecule has 1 radical (unpaired) electrons. The quantitative estimate of drug-likeness (QED) is 0.694. The van der Waals surface area contributed by atoms with E-state index in [2.05, 4.69) is 4.98 Å². The molecule has 0 N–H and O–H groups in total. The number of aromatic nitrogens is 1. The summed E-state index contributed by atoms with van der Waals surface area (Å²) in [4.78, 5) is 4.35. The molecule has 3 aromatic rings. The second-order valence-corrected chi connectivity index (χ2v) is 5.37. The fourth-order valence-corrected chi connectivity index (χ4v) is 3.08. The van der Waals surface area contributed by atoms with Crippen LogP contribution in [0.1, 0.15) is 0 Å². The van der Waals surface area contributed by atoms with Gasteiger partial charge >= 0.3 is 119 Å². The number of hydrogen-bond donors (Lipinski definition) is 0. The molecule has 0 atom stereocenters. The minimum atomic E-state index is -1.27. The molecule has 91 valence electrons. The van der Waals surface area contributed by atoms with Crippen molar-refractivity contribution < 1.29 is 7.06 Å². The number of nitrogens with zero attached hydrogens (tertiary/aromatic N) is 1. The summed E-state index contributed by atoms with van der Waals surface area (Å²) in [6, 6.07) is 19.6. The Hall–Kier alpha value is -1.91. The molecule has 3 nitrogen and oxygen atoms in total. The molecule has 0 aliphatic rings. The van der Waals surface area contributed by atoms with Gasteiger partial charge in [-0.3, -0.25) is 0 Å². The van der Waals surface area contributed by atoms with Crippen LogP contribution in [-0.4, -0.2) is 23.1 Å². The molecule has 0 saturated heterocycles. The second-order valence-electron chi connectivity index (χ2n) is 3.98. The van der Waals surface area contributed by atoms with Gasteiger partial charge in [0.15, 0.2) is 0 Å². The summed E-state index contributed by atoms with van der Waals surface area (Å²) >= 11 is -1.27. The van der Waals surface area contributed by atoms with Gasteiger partial charge in [0.2, 0.25) is 0 Å². The van der Waals surface area contributed by atoms with Crippen molar-refractivity contribution in [3.8, 4) is 11.5 Å². The van der Waals surface area contributed by atoms with Crippen LogP contribution in [0.4, 0.5) is 0 Å². The van der Waals surface area contributed by atoms with Crippen LogP contribution in [0, 0.1) is 0 Å². The summed E-state index contributed by atoms with van der Waals surface area (Å²) in [5, 5.41) is 1.08. The fourth-order valence-electron chi connectivity index (χ4n) is 1.80. The molecule has 2 aromatic carbocycles. The molecular formula is C15H11GaNO2. The van der Waals surface area contributed by atoms with E-state index in [4.69, 9.17) is 7.06 Å². The zero-order chi connectivity index (χ0) is 12.9. The number of rotatable bonds is 4. The number of para-hydroxylation sites is 2. The SMILES string of the molecule is c1ccc([O][Ga][O]c2cccc3cccnc23)cc1. The molecule has 0 aliphatic carbocycles. The van der Waals surface area contributed by atoms with Gasteiger partial charge in [-0.05, 0) is 0 Å². The van der Waals surface area contributed by atoms with Gasteiger partial charge in [-0.25, -0.2) is 0 Å². The number of hydrogen-bond acceptors (Lipinski definition) is 3. The van der Waals surface area contributed by atoms with Crippen molar-refractivity contribution in [1.82, 2.24) is 4.98 Å². The van der Waals surface area contributed by atoms with Gasteiger partial charge in [0.1, 0.15) is 0 Å². The maximum absolute atomic E-state index is 5.79. The van der Waals surface area contributed by atoms with Crippen molar-refractivity contribution >= 4 is 29.0 Å². The van der Waals surface area contributed by atoms with Gasteiger partial charge in [0.25, 0.3) is 0 Å². The van der Waals surface area contributed by atoms with Gasteiger partial charge in [0, 0.05) is 0 Å². The standard InChI is InChI=1S/C9H7NO.C6H6O.Ga/c11-8-5-1-3-7-4-2-6-10-9(7)8;7-6-4-2-1-3-5-6;/h1-6,11H;1-5,7H;/q;;+2/p-2. The molecule has 0 saturated carbocycles. The van der Waals surface area contributed by atoms with E-state index in [-0.39, 0.29) is 0 Å². The van der Waals surface area contributed by atoms with Crippen LogP contribution in [0.3, 0.4) is 0 Å². The molecule has 0 fully saturated rings. The predicted molar refractivity (Wildman–Crippen MR) is 75.2 cm³/mol. The molecule has 0 bridgehead atoms. The number of benzene rings is 2. The van der Waals surface area contributed by atoms with Crippen LogP contribution in [0.15, 0.2) is 66.9 Å². The van der Waals surface area contributed by atoms with Crippen LogP contribution >= 0.6 is 0 Å². The van der Waals surface area contributed by atoms with Crippen molar-refractivity contribution in [1.29, 1.82) is 0 Å². The predicted octanol–water partition coefficient (Wildman–Crippen LogP) is 3.23. The van der Waals surface area contributed by atoms with E-state index < -0.39 is 18.1 Å². The molecule has 0 spiro atoms. The Morgan fingerprint density at radius 2 is 1.63 bits per heavy atom. The molecule has 19 heavy (non-hydrogen) atoms. The van der Waals surface area contributed by atoms with E-state index in [9.17, 15) is 0 Å². The zero-order valence-corrected chi connectivity index (χ0v) is 12.6. The van der Waals surface area contributed by atoms with Gasteiger partial charge in [-0.2, -0.15) is 0 Å². The first-order chi connectivity index (χ1) is 9.43. The van der Waals surface area contributed by atoms with Crippen LogP contribution in [-0.2, 0) is 0 Å². The van der Waals surface area contributed by atoms with Crippen molar-refractivity contribution in [2.75, 3.05) is 0 Å². The van der Waals surface area contributed by atoms with E-state index in [1.807, 2.05) is 60.7 Å². The third-order valence-electron chi connectivity index (χ3n) is 2.70. The molecule has 4 heteroatoms. The Kier molecular flexibility index (Phi) is 3.72. The Bertz CT molecular complexity index is 668. The molecule has 1 heterocycles. The zero-order valence-electron chi connectivity index (χ0n) is 10.2. The molecule has 0 aliphatic heterocycles. The number of fused-ring (bicyclic) bond motifs is 1. The Morgan fingerprint density at radius 1 is 0.789 bits per heavy atom. The second kappa shape index (κ2) is 5.82. The van der Waals surface area contributed by atoms with Gasteiger partial charge in [-0.1, -0.05) is 0 Å². The topological polar surface area (TPSA) is 31.4 Å². The fraction of sp³-hybridized carbons (Fsp3) is 0. The minimum absolute atomic E-state index is 0.800. The third-order valence-corrected chi connectivity index (χ3v) is 4.21. The van der Waals surface area contributed by atoms with Crippen LogP contribution in [0.2, 0.25) is 0 Å². The average molecular weight is 307 g/mol. The first kappa shape index (κ1) is 12.1. The molecular weight excluding hydrogens is 296 g/mol. The van der Waals surface area contributed by atoms with Crippen molar-refractivity contribution in [2.24, 2.45) is 0 Å². The van der Waals surface area contributed by atoms with E-state index in [0.717, 1.165) is 22.4 Å². The first-order valence-corrected chi connectivity index (χ1v) is 7.95. The van der Waals surface area contributed by atoms with Crippen molar-refractivity contribution in [3.05, 3.63) is 66.9 Å². The summed E-state index contributed by atoms with van der Waals surface area (Å²) in [6.07, 6.45) is 1.77. The summed E-state index contributed by atoms with van der Waals surface area (Å²) in [5.74, 6) is 1.66. The number of pyridine rings is 1. The van der Waals surface area contributed by atoms with E-state index in [0.29, 0.717) is 0 Å². The van der Waals surface area contributed by atoms with E-state index in [1.165, 1.54) is 0 Å². The summed E-state index contributed by atoms with van der Waals surface area (Å²) in [6.45, 7) is 0. The molecule has 3 rings (SSSR count). The van der Waals surface area contributed by atoms with Gasteiger partial charge in [-0.15, -0.1) is 0 Å². The van der Waals surface area contributed by atoms with E-state index in [1.54, 1.807) is 6.20 Å². The normalized spacial score (nSPS) is 10.1. The van der Waals surface area contributed by atoms with Crippen LogP contribution < -0.4 is 7.06 Å². The van der Waals surface area contributed by atoms with E-state index >= 15 is 0 Å². The first-order valence-electron chi connectivity index (χ1n) is 5.97. The average Bonchev–Trinajstić information content (AvgIpc) is 2.49. The Balaban J connectivity index is 1.72.